The average Bonchev–Trinajstić information content (AvgIpc) is 3.16. The van der Waals surface area contributed by atoms with Gasteiger partial charge in [-0.05, 0) is 24.6 Å². The van der Waals surface area contributed by atoms with E-state index in [0.717, 1.165) is 23.8 Å². The summed E-state index contributed by atoms with van der Waals surface area (Å²) in [6.07, 6.45) is 2.97. The average molecular weight is 395 g/mol. The van der Waals surface area contributed by atoms with E-state index in [2.05, 4.69) is 15.2 Å². The van der Waals surface area contributed by atoms with Crippen molar-refractivity contribution in [2.24, 2.45) is 0 Å². The summed E-state index contributed by atoms with van der Waals surface area (Å²) in [5, 5.41) is 5.92. The fraction of sp³-hybridized carbons (Fsp3) is 0.412. The molecule has 2 heterocycles. The van der Waals surface area contributed by atoms with Gasteiger partial charge in [0.15, 0.2) is 15.0 Å². The van der Waals surface area contributed by atoms with Crippen LogP contribution < -0.4 is 10.2 Å². The van der Waals surface area contributed by atoms with Crippen LogP contribution >= 0.6 is 11.3 Å². The molecule has 0 radical (unpaired) electrons. The number of carbonyl (C=O) groups is 1. The zero-order chi connectivity index (χ0) is 18.7. The van der Waals surface area contributed by atoms with E-state index in [0.29, 0.717) is 13.1 Å². The van der Waals surface area contributed by atoms with Crippen molar-refractivity contribution in [3.8, 4) is 0 Å². The van der Waals surface area contributed by atoms with E-state index in [9.17, 15) is 13.2 Å². The summed E-state index contributed by atoms with van der Waals surface area (Å²) in [6, 6.07) is 6.31. The third kappa shape index (κ3) is 4.34. The van der Waals surface area contributed by atoms with E-state index < -0.39 is 9.84 Å². The van der Waals surface area contributed by atoms with E-state index in [-0.39, 0.29) is 17.0 Å². The van der Waals surface area contributed by atoms with Crippen LogP contribution in [0.15, 0.2) is 40.7 Å². The van der Waals surface area contributed by atoms with Crippen molar-refractivity contribution < 1.29 is 13.2 Å². The zero-order valence-electron chi connectivity index (χ0n) is 14.8. The Morgan fingerprint density at radius 2 is 1.85 bits per heavy atom. The van der Waals surface area contributed by atoms with E-state index in [1.807, 2.05) is 12.3 Å². The Bertz CT molecular complexity index is 843. The highest BCUT2D eigenvalue weighted by Gasteiger charge is 2.23. The molecule has 2 aromatic rings. The summed E-state index contributed by atoms with van der Waals surface area (Å²) in [5.74, 6) is 0. The molecular formula is C17H22N4O3S2. The number of anilines is 1. The first-order valence-electron chi connectivity index (χ1n) is 8.34. The topological polar surface area (TPSA) is 82.6 Å². The third-order valence-corrected chi connectivity index (χ3v) is 6.37. The largest absolute Gasteiger partial charge is 0.345 e. The number of hydrogen-bond acceptors (Lipinski definition) is 6. The van der Waals surface area contributed by atoms with Crippen molar-refractivity contribution >= 4 is 32.3 Å². The summed E-state index contributed by atoms with van der Waals surface area (Å²) < 4.78 is 23.1. The third-order valence-electron chi connectivity index (χ3n) is 4.40. The predicted molar refractivity (Wildman–Crippen MR) is 102 cm³/mol. The van der Waals surface area contributed by atoms with Gasteiger partial charge in [0.05, 0.1) is 10.9 Å². The number of amides is 2. The summed E-state index contributed by atoms with van der Waals surface area (Å²) in [7, 11) is -3.21. The molecule has 0 saturated carbocycles. The second kappa shape index (κ2) is 7.63. The van der Waals surface area contributed by atoms with E-state index in [1.165, 1.54) is 6.26 Å². The lowest BCUT2D eigenvalue weighted by molar-refractivity contribution is 0.191. The normalized spacial score (nSPS) is 16.4. The maximum Gasteiger partial charge on any atom is 0.317 e. The first kappa shape index (κ1) is 18.7. The molecule has 1 aliphatic heterocycles. The summed E-state index contributed by atoms with van der Waals surface area (Å²) in [5.41, 5.74) is 0.868. The maximum atomic E-state index is 12.5. The van der Waals surface area contributed by atoms with Crippen LogP contribution in [-0.4, -0.2) is 56.8 Å². The number of rotatable bonds is 4. The van der Waals surface area contributed by atoms with Gasteiger partial charge in [0.25, 0.3) is 0 Å². The Labute approximate surface area is 157 Å². The van der Waals surface area contributed by atoms with Crippen molar-refractivity contribution in [2.75, 3.05) is 37.3 Å². The number of benzene rings is 1. The smallest absolute Gasteiger partial charge is 0.317 e. The Morgan fingerprint density at radius 1 is 1.19 bits per heavy atom. The lowest BCUT2D eigenvalue weighted by Gasteiger charge is -2.35. The summed E-state index contributed by atoms with van der Waals surface area (Å²) in [4.78, 5) is 21.0. The molecule has 0 bridgehead atoms. The second-order valence-electron chi connectivity index (χ2n) is 6.30. The van der Waals surface area contributed by atoms with Crippen molar-refractivity contribution in [2.45, 2.75) is 17.9 Å². The van der Waals surface area contributed by atoms with Gasteiger partial charge in [-0.25, -0.2) is 18.2 Å². The second-order valence-corrected chi connectivity index (χ2v) is 9.19. The zero-order valence-corrected chi connectivity index (χ0v) is 16.4. The Balaban J connectivity index is 1.55. The number of urea groups is 1. The number of carbonyl (C=O) groups excluding carboxylic acids is 1. The number of piperazine rings is 1. The van der Waals surface area contributed by atoms with Crippen LogP contribution in [0.4, 0.5) is 9.93 Å². The monoisotopic (exact) mass is 394 g/mol. The first-order valence-corrected chi connectivity index (χ1v) is 11.1. The van der Waals surface area contributed by atoms with Crippen LogP contribution in [0, 0.1) is 0 Å². The fourth-order valence-corrected chi connectivity index (χ4v) is 4.16. The standard InChI is InChI=1S/C17H22N4O3S2/c1-13(14-3-5-15(6-4-14)26(2,23)24)19-16(22)20-8-10-21(11-9-20)17-18-7-12-25-17/h3-7,12-13H,8-11H2,1-2H3,(H,19,22). The SMILES string of the molecule is CC(NC(=O)N1CCN(c2nccs2)CC1)c1ccc(S(C)(=O)=O)cc1. The Morgan fingerprint density at radius 3 is 2.38 bits per heavy atom. The molecule has 0 aliphatic carbocycles. The molecule has 1 aromatic heterocycles. The van der Waals surface area contributed by atoms with E-state index in [4.69, 9.17) is 0 Å². The highest BCUT2D eigenvalue weighted by atomic mass is 32.2. The maximum absolute atomic E-state index is 12.5. The number of aromatic nitrogens is 1. The van der Waals surface area contributed by atoms with Gasteiger partial charge < -0.3 is 15.1 Å². The molecule has 2 amide bonds. The number of nitrogens with one attached hydrogen (secondary N) is 1. The summed E-state index contributed by atoms with van der Waals surface area (Å²) in [6.45, 7) is 4.70. The van der Waals surface area contributed by atoms with Crippen LogP contribution in [0.3, 0.4) is 0 Å². The van der Waals surface area contributed by atoms with Gasteiger partial charge in [0.1, 0.15) is 0 Å². The van der Waals surface area contributed by atoms with Gasteiger partial charge in [-0.1, -0.05) is 12.1 Å². The van der Waals surface area contributed by atoms with Crippen molar-refractivity contribution in [1.29, 1.82) is 0 Å². The van der Waals surface area contributed by atoms with Gasteiger partial charge in [-0.2, -0.15) is 0 Å². The molecule has 140 valence electrons. The number of thiazole rings is 1. The molecule has 1 aromatic carbocycles. The molecule has 1 unspecified atom stereocenters. The van der Waals surface area contributed by atoms with Crippen LogP contribution in [0.2, 0.25) is 0 Å². The molecule has 1 aliphatic rings. The molecule has 1 saturated heterocycles. The van der Waals surface area contributed by atoms with Gasteiger partial charge in [-0.3, -0.25) is 0 Å². The van der Waals surface area contributed by atoms with Crippen LogP contribution in [-0.2, 0) is 9.84 Å². The van der Waals surface area contributed by atoms with Crippen molar-refractivity contribution in [3.63, 3.8) is 0 Å². The minimum atomic E-state index is -3.21. The highest BCUT2D eigenvalue weighted by molar-refractivity contribution is 7.90. The van der Waals surface area contributed by atoms with Crippen LogP contribution in [0.1, 0.15) is 18.5 Å². The molecule has 1 fully saturated rings. The number of sulfone groups is 1. The minimum absolute atomic E-state index is 0.108. The van der Waals surface area contributed by atoms with Crippen molar-refractivity contribution in [1.82, 2.24) is 15.2 Å². The highest BCUT2D eigenvalue weighted by Crippen LogP contribution is 2.20. The first-order chi connectivity index (χ1) is 12.3. The quantitative estimate of drug-likeness (QED) is 0.859. The van der Waals surface area contributed by atoms with Crippen LogP contribution in [0.25, 0.3) is 0 Å². The van der Waals surface area contributed by atoms with Crippen molar-refractivity contribution in [3.05, 3.63) is 41.4 Å². The predicted octanol–water partition coefficient (Wildman–Crippen LogP) is 2.14. The van der Waals surface area contributed by atoms with Gasteiger partial charge in [0, 0.05) is 44.0 Å². The molecule has 1 atom stereocenters. The molecule has 1 N–H and O–H groups in total. The number of hydrogen-bond donors (Lipinski definition) is 1. The molecule has 9 heteroatoms. The Hall–Kier alpha value is -2.13. The summed E-state index contributed by atoms with van der Waals surface area (Å²) >= 11 is 1.60. The molecule has 3 rings (SSSR count). The van der Waals surface area contributed by atoms with Gasteiger partial charge in [0.2, 0.25) is 0 Å². The molecular weight excluding hydrogens is 372 g/mol. The lowest BCUT2D eigenvalue weighted by Crippen LogP contribution is -2.52. The van der Waals surface area contributed by atoms with Gasteiger partial charge >= 0.3 is 6.03 Å². The van der Waals surface area contributed by atoms with Crippen LogP contribution in [0.5, 0.6) is 0 Å². The van der Waals surface area contributed by atoms with E-state index in [1.54, 1.807) is 46.7 Å². The van der Waals surface area contributed by atoms with E-state index >= 15 is 0 Å². The number of nitrogens with zero attached hydrogens (tertiary/aromatic N) is 3. The molecule has 0 spiro atoms. The molecule has 7 nitrogen and oxygen atoms in total. The lowest BCUT2D eigenvalue weighted by atomic mass is 10.1. The Kier molecular flexibility index (Phi) is 5.47. The van der Waals surface area contributed by atoms with Gasteiger partial charge in [-0.15, -0.1) is 11.3 Å². The fourth-order valence-electron chi connectivity index (χ4n) is 2.84. The molecule has 26 heavy (non-hydrogen) atoms. The minimum Gasteiger partial charge on any atom is -0.345 e.